The number of carbonyl (C=O) groups excluding carboxylic acids is 2. The zero-order chi connectivity index (χ0) is 28.7. The summed E-state index contributed by atoms with van der Waals surface area (Å²) in [5, 5.41) is 0. The predicted octanol–water partition coefficient (Wildman–Crippen LogP) is 6.96. The first-order valence-corrected chi connectivity index (χ1v) is 13.3. The summed E-state index contributed by atoms with van der Waals surface area (Å²) in [5.74, 6) is 0.542. The Labute approximate surface area is 239 Å². The zero-order valence-electron chi connectivity index (χ0n) is 22.6. The van der Waals surface area contributed by atoms with E-state index in [1.165, 1.54) is 22.3 Å². The van der Waals surface area contributed by atoms with E-state index in [9.17, 15) is 9.59 Å². The maximum Gasteiger partial charge on any atom is 0.314 e. The Bertz CT molecular complexity index is 1430. The second kappa shape index (κ2) is 12.4. The fraction of sp³-hybridized carbons (Fsp3) is 0.143. The van der Waals surface area contributed by atoms with Crippen LogP contribution in [0.1, 0.15) is 35.1 Å². The Hall–Kier alpha value is -5.10. The number of carbonyl (C=O) groups is 2. The monoisotopic (exact) mass is 546 g/mol. The number of fused-ring (bicyclic) bond motifs is 3. The van der Waals surface area contributed by atoms with Gasteiger partial charge in [0.1, 0.15) is 11.5 Å². The van der Waals surface area contributed by atoms with Crippen molar-refractivity contribution < 1.29 is 28.5 Å². The van der Waals surface area contributed by atoms with E-state index in [1.807, 2.05) is 24.3 Å². The molecule has 0 amide bonds. The first kappa shape index (κ1) is 27.5. The molecule has 0 unspecified atom stereocenters. The maximum absolute atomic E-state index is 11.6. The summed E-state index contributed by atoms with van der Waals surface area (Å²) in [7, 11) is 0. The third-order valence-corrected chi connectivity index (χ3v) is 7.11. The van der Waals surface area contributed by atoms with Crippen LogP contribution in [-0.2, 0) is 24.5 Å². The van der Waals surface area contributed by atoms with Crippen molar-refractivity contribution in [2.24, 2.45) is 0 Å². The highest BCUT2D eigenvalue weighted by Gasteiger charge is 2.45. The predicted molar refractivity (Wildman–Crippen MR) is 157 cm³/mol. The van der Waals surface area contributed by atoms with Crippen molar-refractivity contribution in [3.8, 4) is 22.6 Å². The van der Waals surface area contributed by atoms with Crippen LogP contribution in [0, 0.1) is 0 Å². The lowest BCUT2D eigenvalue weighted by molar-refractivity contribution is -0.139. The van der Waals surface area contributed by atoms with Gasteiger partial charge in [-0.25, -0.2) is 0 Å². The number of rotatable bonds is 12. The Morgan fingerprint density at radius 1 is 0.585 bits per heavy atom. The van der Waals surface area contributed by atoms with Crippen molar-refractivity contribution in [2.75, 3.05) is 13.2 Å². The lowest BCUT2D eigenvalue weighted by Gasteiger charge is -2.34. The molecule has 0 aliphatic heterocycles. The minimum atomic E-state index is -0.578. The summed E-state index contributed by atoms with van der Waals surface area (Å²) < 4.78 is 21.1. The highest BCUT2D eigenvalue weighted by atomic mass is 16.5. The highest BCUT2D eigenvalue weighted by Crippen LogP contribution is 2.56. The van der Waals surface area contributed by atoms with E-state index >= 15 is 0 Å². The topological polar surface area (TPSA) is 71.1 Å². The van der Waals surface area contributed by atoms with Gasteiger partial charge in [-0.1, -0.05) is 86.0 Å². The molecule has 1 aliphatic rings. The molecule has 0 aromatic heterocycles. The highest BCUT2D eigenvalue weighted by molar-refractivity contribution is 5.86. The first-order chi connectivity index (χ1) is 20.1. The van der Waals surface area contributed by atoms with Gasteiger partial charge in [-0.2, -0.15) is 0 Å². The van der Waals surface area contributed by atoms with E-state index in [2.05, 4.69) is 86.0 Å². The van der Waals surface area contributed by atoms with Crippen LogP contribution < -0.4 is 9.47 Å². The van der Waals surface area contributed by atoms with Gasteiger partial charge < -0.3 is 18.9 Å². The Morgan fingerprint density at radius 2 is 0.976 bits per heavy atom. The molecule has 0 saturated carbocycles. The second-order valence-electron chi connectivity index (χ2n) is 9.40. The zero-order valence-corrected chi connectivity index (χ0v) is 22.6. The van der Waals surface area contributed by atoms with Gasteiger partial charge >= 0.3 is 11.9 Å². The molecular weight excluding hydrogens is 516 g/mol. The lowest BCUT2D eigenvalue weighted by Crippen LogP contribution is -2.28. The van der Waals surface area contributed by atoms with Gasteiger partial charge in [0.05, 0.1) is 44.0 Å². The molecule has 4 aromatic rings. The van der Waals surface area contributed by atoms with Gasteiger partial charge in [0.15, 0.2) is 0 Å². The summed E-state index contributed by atoms with van der Waals surface area (Å²) in [6, 6.07) is 33.0. The average molecular weight is 547 g/mol. The van der Waals surface area contributed by atoms with Crippen molar-refractivity contribution in [1.82, 2.24) is 0 Å². The molecule has 41 heavy (non-hydrogen) atoms. The van der Waals surface area contributed by atoms with Gasteiger partial charge in [0, 0.05) is 0 Å². The molecule has 5 rings (SSSR count). The van der Waals surface area contributed by atoms with Crippen molar-refractivity contribution in [1.29, 1.82) is 0 Å². The first-order valence-electron chi connectivity index (χ1n) is 13.3. The third-order valence-electron chi connectivity index (χ3n) is 7.11. The molecule has 0 bridgehead atoms. The van der Waals surface area contributed by atoms with Crippen LogP contribution >= 0.6 is 0 Å². The van der Waals surface area contributed by atoms with Crippen LogP contribution in [0.2, 0.25) is 0 Å². The summed E-state index contributed by atoms with van der Waals surface area (Å²) in [5.41, 5.74) is 6.32. The molecule has 0 radical (unpaired) electrons. The molecule has 6 heteroatoms. The van der Waals surface area contributed by atoms with Crippen molar-refractivity contribution in [2.45, 2.75) is 18.3 Å². The van der Waals surface area contributed by atoms with E-state index in [4.69, 9.17) is 18.9 Å². The van der Waals surface area contributed by atoms with Crippen molar-refractivity contribution in [3.05, 3.63) is 145 Å². The van der Waals surface area contributed by atoms with Gasteiger partial charge in [-0.3, -0.25) is 9.59 Å². The Morgan fingerprint density at radius 3 is 1.37 bits per heavy atom. The Balaban J connectivity index is 1.50. The lowest BCUT2D eigenvalue weighted by atomic mass is 9.68. The van der Waals surface area contributed by atoms with Crippen LogP contribution in [0.4, 0.5) is 0 Å². The fourth-order valence-electron chi connectivity index (χ4n) is 5.43. The van der Waals surface area contributed by atoms with Crippen LogP contribution in [0.25, 0.3) is 11.1 Å². The number of ether oxygens (including phenoxy) is 4. The number of esters is 2. The molecule has 0 N–H and O–H groups in total. The van der Waals surface area contributed by atoms with E-state index in [-0.39, 0.29) is 38.0 Å². The number of hydrogen-bond acceptors (Lipinski definition) is 6. The average Bonchev–Trinajstić information content (AvgIpc) is 3.29. The molecular formula is C35H30O6. The molecule has 0 spiro atoms. The summed E-state index contributed by atoms with van der Waals surface area (Å²) in [6.45, 7) is 7.20. The summed E-state index contributed by atoms with van der Waals surface area (Å²) >= 11 is 0. The minimum Gasteiger partial charge on any atom is -0.493 e. The second-order valence-corrected chi connectivity index (χ2v) is 9.40. The quantitative estimate of drug-likeness (QED) is 0.124. The molecule has 0 heterocycles. The molecule has 6 nitrogen and oxygen atoms in total. The van der Waals surface area contributed by atoms with Crippen LogP contribution in [0.5, 0.6) is 11.5 Å². The van der Waals surface area contributed by atoms with Crippen LogP contribution in [0.15, 0.2) is 123 Å². The van der Waals surface area contributed by atoms with Gasteiger partial charge in [0.2, 0.25) is 0 Å². The van der Waals surface area contributed by atoms with Crippen LogP contribution in [0.3, 0.4) is 0 Å². The maximum atomic E-state index is 11.6. The summed E-state index contributed by atoms with van der Waals surface area (Å²) in [4.78, 5) is 23.3. The largest absolute Gasteiger partial charge is 0.493 e. The number of benzene rings is 4. The third kappa shape index (κ3) is 5.50. The van der Waals surface area contributed by atoms with Gasteiger partial charge in [-0.15, -0.1) is 0 Å². The SMILES string of the molecule is C=COC(=O)CCOc1ccc(C2(c3ccc(OCCC(=O)OC=C)cc3)c3ccccc3-c3ccccc32)cc1. The fourth-order valence-corrected chi connectivity index (χ4v) is 5.43. The van der Waals surface area contributed by atoms with Gasteiger partial charge in [-0.05, 0) is 57.6 Å². The van der Waals surface area contributed by atoms with E-state index in [0.29, 0.717) is 11.5 Å². The molecule has 4 aromatic carbocycles. The molecule has 0 fully saturated rings. The summed E-state index contributed by atoms with van der Waals surface area (Å²) in [6.07, 6.45) is 2.49. The van der Waals surface area contributed by atoms with Crippen molar-refractivity contribution in [3.63, 3.8) is 0 Å². The van der Waals surface area contributed by atoms with Crippen LogP contribution in [-0.4, -0.2) is 25.2 Å². The standard InChI is InChI=1S/C35H30O6/c1-3-38-33(36)21-23-40-27-17-13-25(14-18-27)35(26-15-19-28(20-16-26)41-24-22-34(37)39-4-2)31-11-7-5-9-29(31)30-10-6-8-12-32(30)35/h3-20H,1-2,21-24H2. The molecule has 0 atom stereocenters. The van der Waals surface area contributed by atoms with E-state index in [1.54, 1.807) is 0 Å². The normalized spacial score (nSPS) is 12.4. The van der Waals surface area contributed by atoms with Gasteiger partial charge in [0.25, 0.3) is 0 Å². The smallest absolute Gasteiger partial charge is 0.314 e. The van der Waals surface area contributed by atoms with Crippen molar-refractivity contribution >= 4 is 11.9 Å². The number of hydrogen-bond donors (Lipinski definition) is 0. The molecule has 1 aliphatic carbocycles. The molecule has 206 valence electrons. The van der Waals surface area contributed by atoms with E-state index < -0.39 is 5.41 Å². The molecule has 0 saturated heterocycles. The van der Waals surface area contributed by atoms with E-state index in [0.717, 1.165) is 23.7 Å². The minimum absolute atomic E-state index is 0.127. The Kier molecular flexibility index (Phi) is 8.30.